The largest absolute Gasteiger partial charge is 0.481 e. The van der Waals surface area contributed by atoms with E-state index in [2.05, 4.69) is 13.5 Å². The molecule has 7 heteroatoms. The van der Waals surface area contributed by atoms with Crippen molar-refractivity contribution in [3.8, 4) is 0 Å². The Hall–Kier alpha value is -1.89. The molecule has 150 valence electrons. The fourth-order valence-corrected chi connectivity index (χ4v) is 2.69. The van der Waals surface area contributed by atoms with Crippen LogP contribution >= 0.6 is 0 Å². The third-order valence-corrected chi connectivity index (χ3v) is 4.24. The third-order valence-electron chi connectivity index (χ3n) is 4.24. The first kappa shape index (κ1) is 24.1. The van der Waals surface area contributed by atoms with Gasteiger partial charge in [-0.2, -0.15) is 0 Å². The van der Waals surface area contributed by atoms with Crippen molar-refractivity contribution in [1.82, 2.24) is 0 Å². The summed E-state index contributed by atoms with van der Waals surface area (Å²) in [6.45, 7) is 6.79. The van der Waals surface area contributed by atoms with Crippen LogP contribution in [0.2, 0.25) is 0 Å². The average molecular weight is 372 g/mol. The number of aliphatic carboxylic acids is 2. The molecule has 0 heterocycles. The molecule has 0 aromatic heterocycles. The second-order valence-corrected chi connectivity index (χ2v) is 6.41. The van der Waals surface area contributed by atoms with E-state index in [0.717, 1.165) is 18.9 Å². The molecule has 1 atom stereocenters. The molecule has 0 aromatic carbocycles. The Morgan fingerprint density at radius 2 is 1.54 bits per heavy atom. The summed E-state index contributed by atoms with van der Waals surface area (Å²) in [6.07, 6.45) is 5.48. The highest BCUT2D eigenvalue weighted by molar-refractivity contribution is 5.81. The number of ether oxygens (including phenoxy) is 2. The number of rotatable bonds is 17. The summed E-state index contributed by atoms with van der Waals surface area (Å²) in [5, 5.41) is 18.8. The van der Waals surface area contributed by atoms with Crippen molar-refractivity contribution in [3.05, 3.63) is 12.7 Å². The van der Waals surface area contributed by atoms with Crippen LogP contribution in [0.4, 0.5) is 0 Å². The van der Waals surface area contributed by atoms with Crippen LogP contribution in [0.5, 0.6) is 0 Å². The van der Waals surface area contributed by atoms with Crippen molar-refractivity contribution in [2.45, 2.75) is 64.7 Å². The topological polar surface area (TPSA) is 110 Å². The molecule has 7 nitrogen and oxygen atoms in total. The predicted molar refractivity (Wildman–Crippen MR) is 96.9 cm³/mol. The lowest BCUT2D eigenvalue weighted by Crippen LogP contribution is -2.34. The number of carbonyl (C=O) groups is 3. The van der Waals surface area contributed by atoms with Crippen LogP contribution < -0.4 is 0 Å². The molecule has 0 aromatic rings. The van der Waals surface area contributed by atoms with Gasteiger partial charge in [-0.3, -0.25) is 9.59 Å². The van der Waals surface area contributed by atoms with Gasteiger partial charge in [0, 0.05) is 19.3 Å². The lowest BCUT2D eigenvalue weighted by molar-refractivity contribution is -0.157. The van der Waals surface area contributed by atoms with Crippen molar-refractivity contribution in [2.24, 2.45) is 5.41 Å². The highest BCUT2D eigenvalue weighted by Gasteiger charge is 2.39. The number of carbonyl (C=O) groups excluding carboxylic acids is 1. The van der Waals surface area contributed by atoms with Gasteiger partial charge >= 0.3 is 17.9 Å². The van der Waals surface area contributed by atoms with Gasteiger partial charge < -0.3 is 19.7 Å². The van der Waals surface area contributed by atoms with Crippen LogP contribution in [-0.2, 0) is 23.9 Å². The number of carboxylic acids is 2. The second-order valence-electron chi connectivity index (χ2n) is 6.41. The molecule has 0 aliphatic carbocycles. The van der Waals surface area contributed by atoms with E-state index in [1.54, 1.807) is 0 Å². The fraction of sp³-hybridized carbons (Fsp3) is 0.737. The fourth-order valence-electron chi connectivity index (χ4n) is 2.69. The Morgan fingerprint density at radius 1 is 0.962 bits per heavy atom. The van der Waals surface area contributed by atoms with Gasteiger partial charge in [0.15, 0.2) is 0 Å². The Labute approximate surface area is 155 Å². The summed E-state index contributed by atoms with van der Waals surface area (Å²) in [4.78, 5) is 33.9. The molecule has 0 saturated heterocycles. The maximum atomic E-state index is 11.8. The Kier molecular flexibility index (Phi) is 13.3. The average Bonchev–Trinajstić information content (AvgIpc) is 2.59. The zero-order chi connectivity index (χ0) is 19.8. The third kappa shape index (κ3) is 10.9. The molecule has 0 bridgehead atoms. The minimum Gasteiger partial charge on any atom is -0.481 e. The lowest BCUT2D eigenvalue weighted by atomic mass is 9.75. The van der Waals surface area contributed by atoms with E-state index >= 15 is 0 Å². The molecule has 0 aliphatic heterocycles. The molecule has 2 N–H and O–H groups in total. The van der Waals surface area contributed by atoms with Crippen LogP contribution in [0.15, 0.2) is 12.7 Å². The first-order valence-corrected chi connectivity index (χ1v) is 9.20. The summed E-state index contributed by atoms with van der Waals surface area (Å²) in [5.74, 6) is -2.73. The zero-order valence-corrected chi connectivity index (χ0v) is 15.7. The van der Waals surface area contributed by atoms with Crippen LogP contribution in [0.3, 0.4) is 0 Å². The molecule has 0 rings (SSSR count). The molecule has 0 radical (unpaired) electrons. The van der Waals surface area contributed by atoms with Gasteiger partial charge in [0.25, 0.3) is 0 Å². The Balaban J connectivity index is 4.45. The quantitative estimate of drug-likeness (QED) is 0.229. The summed E-state index contributed by atoms with van der Waals surface area (Å²) < 4.78 is 10.3. The van der Waals surface area contributed by atoms with Crippen LogP contribution in [0.25, 0.3) is 0 Å². The summed E-state index contributed by atoms with van der Waals surface area (Å²) >= 11 is 0. The minimum atomic E-state index is -1.29. The monoisotopic (exact) mass is 372 g/mol. The van der Waals surface area contributed by atoms with Crippen LogP contribution in [-0.4, -0.2) is 47.9 Å². The van der Waals surface area contributed by atoms with Gasteiger partial charge in [0.2, 0.25) is 0 Å². The van der Waals surface area contributed by atoms with E-state index in [9.17, 15) is 19.5 Å². The number of esters is 1. The highest BCUT2D eigenvalue weighted by atomic mass is 16.5. The van der Waals surface area contributed by atoms with Gasteiger partial charge in [-0.05, 0) is 38.5 Å². The first-order valence-electron chi connectivity index (χ1n) is 9.20. The van der Waals surface area contributed by atoms with E-state index in [4.69, 9.17) is 14.6 Å². The molecular weight excluding hydrogens is 340 g/mol. The Bertz CT molecular complexity index is 447. The number of hydrogen-bond donors (Lipinski definition) is 2. The van der Waals surface area contributed by atoms with Crippen molar-refractivity contribution >= 4 is 17.9 Å². The number of unbranched alkanes of at least 4 members (excludes halogenated alkanes) is 3. The predicted octanol–water partition coefficient (Wildman–Crippen LogP) is 3.42. The van der Waals surface area contributed by atoms with Gasteiger partial charge in [-0.1, -0.05) is 26.3 Å². The standard InChI is InChI=1S/C19H32O7/c1-3-5-12-25-13-8-6-10-19(18(23)24,15-16(20)21)11-7-9-14-26-17(22)4-2/h4H,2-3,5-15H2,1H3,(H,20,21)(H,23,24). The number of hydrogen-bond acceptors (Lipinski definition) is 5. The van der Waals surface area contributed by atoms with E-state index < -0.39 is 29.7 Å². The van der Waals surface area contributed by atoms with E-state index in [1.165, 1.54) is 0 Å². The number of carboxylic acid groups (broad SMARTS) is 2. The summed E-state index contributed by atoms with van der Waals surface area (Å²) in [7, 11) is 0. The molecular formula is C19H32O7. The van der Waals surface area contributed by atoms with Gasteiger partial charge in [-0.25, -0.2) is 4.79 Å². The van der Waals surface area contributed by atoms with E-state index in [-0.39, 0.29) is 19.4 Å². The van der Waals surface area contributed by atoms with Crippen molar-refractivity contribution in [2.75, 3.05) is 19.8 Å². The minimum absolute atomic E-state index is 0.166. The normalized spacial score (nSPS) is 13.0. The van der Waals surface area contributed by atoms with Gasteiger partial charge in [0.1, 0.15) is 0 Å². The van der Waals surface area contributed by atoms with Crippen molar-refractivity contribution in [1.29, 1.82) is 0 Å². The SMILES string of the molecule is C=CC(=O)OCCCCC(CCCCOCCCC)(CC(=O)O)C(=O)O. The molecule has 0 amide bonds. The molecule has 1 unspecified atom stereocenters. The van der Waals surface area contributed by atoms with Crippen molar-refractivity contribution in [3.63, 3.8) is 0 Å². The van der Waals surface area contributed by atoms with Crippen LogP contribution in [0, 0.1) is 5.41 Å². The van der Waals surface area contributed by atoms with Crippen molar-refractivity contribution < 1.29 is 34.1 Å². The van der Waals surface area contributed by atoms with Crippen LogP contribution in [0.1, 0.15) is 64.7 Å². The van der Waals surface area contributed by atoms with Gasteiger partial charge in [0.05, 0.1) is 18.4 Å². The summed E-state index contributed by atoms with van der Waals surface area (Å²) in [6, 6.07) is 0. The molecule has 0 aliphatic rings. The van der Waals surface area contributed by atoms with Gasteiger partial charge in [-0.15, -0.1) is 0 Å². The second kappa shape index (κ2) is 14.3. The maximum absolute atomic E-state index is 11.8. The first-order chi connectivity index (χ1) is 12.4. The molecule has 0 fully saturated rings. The molecule has 0 spiro atoms. The molecule has 0 saturated carbocycles. The lowest BCUT2D eigenvalue weighted by Gasteiger charge is -2.28. The summed E-state index contributed by atoms with van der Waals surface area (Å²) in [5.41, 5.74) is -1.29. The van der Waals surface area contributed by atoms with E-state index in [0.29, 0.717) is 38.9 Å². The Morgan fingerprint density at radius 3 is 2.04 bits per heavy atom. The highest BCUT2D eigenvalue weighted by Crippen LogP contribution is 2.35. The smallest absolute Gasteiger partial charge is 0.330 e. The zero-order valence-electron chi connectivity index (χ0n) is 15.7. The molecule has 26 heavy (non-hydrogen) atoms. The maximum Gasteiger partial charge on any atom is 0.330 e. The van der Waals surface area contributed by atoms with E-state index in [1.807, 2.05) is 0 Å².